The first-order valence-corrected chi connectivity index (χ1v) is 15.8. The smallest absolute Gasteiger partial charge is 0.315 e. The molecule has 4 nitrogen and oxygen atoms in total. The van der Waals surface area contributed by atoms with Crippen LogP contribution in [0.1, 0.15) is 72.9 Å². The molecule has 1 heterocycles. The van der Waals surface area contributed by atoms with Gasteiger partial charge in [-0.25, -0.2) is 0 Å². The van der Waals surface area contributed by atoms with Crippen LogP contribution in [0.15, 0.2) is 84.9 Å². The van der Waals surface area contributed by atoms with E-state index in [-0.39, 0.29) is 11.9 Å². The minimum absolute atomic E-state index is 0.359. The average molecular weight is 583 g/mol. The van der Waals surface area contributed by atoms with E-state index in [0.29, 0.717) is 35.5 Å². The van der Waals surface area contributed by atoms with Crippen LogP contribution in [0.4, 0.5) is 0 Å². The van der Waals surface area contributed by atoms with E-state index in [2.05, 4.69) is 86.7 Å². The fraction of sp³-hybridized carbons (Fsp3) is 0.250. The van der Waals surface area contributed by atoms with Gasteiger partial charge < -0.3 is 9.47 Å². The summed E-state index contributed by atoms with van der Waals surface area (Å²) in [6.45, 7) is 4.29. The quantitative estimate of drug-likeness (QED) is 0.129. The maximum absolute atomic E-state index is 13.5. The number of ether oxygens (including phenoxy) is 2. The van der Waals surface area contributed by atoms with Gasteiger partial charge in [-0.05, 0) is 83.3 Å². The second-order valence-corrected chi connectivity index (χ2v) is 11.7. The van der Waals surface area contributed by atoms with Crippen LogP contribution >= 0.6 is 0 Å². The molecular weight excluding hydrogens is 544 g/mol. The van der Waals surface area contributed by atoms with Gasteiger partial charge in [0, 0.05) is 11.1 Å². The molecule has 4 heteroatoms. The normalized spacial score (nSPS) is 18.3. The van der Waals surface area contributed by atoms with Gasteiger partial charge in [-0.1, -0.05) is 112 Å². The molecule has 2 atom stereocenters. The van der Waals surface area contributed by atoms with E-state index in [4.69, 9.17) is 9.47 Å². The minimum Gasteiger partial charge on any atom is -0.426 e. The molecule has 1 aliphatic carbocycles. The lowest BCUT2D eigenvalue weighted by atomic mass is 9.79. The summed E-state index contributed by atoms with van der Waals surface area (Å²) in [4.78, 5) is 26.9. The van der Waals surface area contributed by atoms with Crippen molar-refractivity contribution in [3.05, 3.63) is 118 Å². The number of hydrogen-bond acceptors (Lipinski definition) is 4. The van der Waals surface area contributed by atoms with Gasteiger partial charge in [-0.15, -0.1) is 0 Å². The Morgan fingerprint density at radius 2 is 0.909 bits per heavy atom. The van der Waals surface area contributed by atoms with E-state index in [0.717, 1.165) is 47.9 Å². The second-order valence-electron chi connectivity index (χ2n) is 11.7. The number of esters is 2. The third-order valence-electron chi connectivity index (χ3n) is 8.80. The largest absolute Gasteiger partial charge is 0.426 e. The fourth-order valence-electron chi connectivity index (χ4n) is 6.08. The third kappa shape index (κ3) is 6.60. The molecule has 222 valence electrons. The van der Waals surface area contributed by atoms with Crippen LogP contribution in [0, 0.1) is 11.8 Å². The molecule has 0 radical (unpaired) electrons. The van der Waals surface area contributed by atoms with Crippen LogP contribution in [-0.4, -0.2) is 11.9 Å². The Hall–Kier alpha value is -4.70. The molecule has 1 fully saturated rings. The Labute approximate surface area is 260 Å². The summed E-state index contributed by atoms with van der Waals surface area (Å²) >= 11 is 0. The van der Waals surface area contributed by atoms with Gasteiger partial charge >= 0.3 is 11.9 Å². The summed E-state index contributed by atoms with van der Waals surface area (Å²) in [5, 5.41) is 0. The van der Waals surface area contributed by atoms with Gasteiger partial charge in [0.15, 0.2) is 0 Å². The SMILES string of the molecule is CCc1ccc(/C=C/c2ccc3c(c2)-c2cc(/C=C/c4ccc(CC)cc4)ccc2OC(=O)[C@H]2CCCC[C@@H]2C(=O)O3)cc1. The van der Waals surface area contributed by atoms with Crippen molar-refractivity contribution >= 4 is 36.2 Å². The molecule has 0 N–H and O–H groups in total. The summed E-state index contributed by atoms with van der Waals surface area (Å²) < 4.78 is 12.2. The highest BCUT2D eigenvalue weighted by atomic mass is 16.5. The Bertz CT molecular complexity index is 1580. The first-order chi connectivity index (χ1) is 21.5. The van der Waals surface area contributed by atoms with E-state index >= 15 is 0 Å². The molecule has 2 aliphatic rings. The number of carbonyl (C=O) groups excluding carboxylic acids is 2. The van der Waals surface area contributed by atoms with Crippen LogP contribution in [0.3, 0.4) is 0 Å². The van der Waals surface area contributed by atoms with Crippen molar-refractivity contribution in [2.45, 2.75) is 52.4 Å². The number of benzene rings is 4. The first-order valence-electron chi connectivity index (χ1n) is 15.8. The fourth-order valence-corrected chi connectivity index (χ4v) is 6.08. The highest BCUT2D eigenvalue weighted by molar-refractivity contribution is 5.90. The molecule has 1 saturated carbocycles. The minimum atomic E-state index is -0.502. The maximum atomic E-state index is 13.5. The molecule has 0 unspecified atom stereocenters. The average Bonchev–Trinajstić information content (AvgIpc) is 3.07. The Balaban J connectivity index is 1.41. The van der Waals surface area contributed by atoms with E-state index in [9.17, 15) is 9.59 Å². The molecular formula is C40H38O4. The monoisotopic (exact) mass is 582 g/mol. The van der Waals surface area contributed by atoms with Crippen LogP contribution in [-0.2, 0) is 22.4 Å². The lowest BCUT2D eigenvalue weighted by molar-refractivity contribution is -0.152. The Morgan fingerprint density at radius 3 is 1.30 bits per heavy atom. The highest BCUT2D eigenvalue weighted by Gasteiger charge is 2.39. The summed E-state index contributed by atoms with van der Waals surface area (Å²) in [7, 11) is 0. The van der Waals surface area contributed by atoms with Gasteiger partial charge in [0.25, 0.3) is 0 Å². The van der Waals surface area contributed by atoms with Crippen molar-refractivity contribution in [2.75, 3.05) is 0 Å². The zero-order valence-electron chi connectivity index (χ0n) is 25.4. The molecule has 6 rings (SSSR count). The van der Waals surface area contributed by atoms with Crippen LogP contribution in [0.25, 0.3) is 35.4 Å². The number of hydrogen-bond donors (Lipinski definition) is 0. The number of rotatable bonds is 6. The lowest BCUT2D eigenvalue weighted by Gasteiger charge is -2.30. The van der Waals surface area contributed by atoms with Gasteiger partial charge in [0.05, 0.1) is 11.8 Å². The van der Waals surface area contributed by atoms with Crippen molar-refractivity contribution in [3.63, 3.8) is 0 Å². The van der Waals surface area contributed by atoms with Gasteiger partial charge in [0.1, 0.15) is 11.5 Å². The number of aryl methyl sites for hydroxylation is 2. The van der Waals surface area contributed by atoms with Crippen LogP contribution in [0.5, 0.6) is 11.5 Å². The van der Waals surface area contributed by atoms with Crippen molar-refractivity contribution in [2.24, 2.45) is 11.8 Å². The molecule has 44 heavy (non-hydrogen) atoms. The Kier molecular flexibility index (Phi) is 8.88. The van der Waals surface area contributed by atoms with E-state index < -0.39 is 11.8 Å². The van der Waals surface area contributed by atoms with Crippen molar-refractivity contribution in [1.29, 1.82) is 0 Å². The number of fused-ring (bicyclic) bond motifs is 4. The standard InChI is InChI=1S/C40H38O4/c1-3-27-9-13-29(14-10-27)17-19-31-21-23-37-35(25-31)36-26-32(20-18-30-15-11-28(4-2)12-16-30)22-24-38(36)44-40(42)34-8-6-5-7-33(34)39(41)43-37/h9-26,33-34H,3-8H2,1-2H3/b19-17+,20-18+/t33-,34-/m0/s1. The first kappa shape index (κ1) is 29.4. The van der Waals surface area contributed by atoms with E-state index in [1.807, 2.05) is 36.4 Å². The molecule has 0 amide bonds. The van der Waals surface area contributed by atoms with Crippen LogP contribution < -0.4 is 9.47 Å². The zero-order chi connectivity index (χ0) is 30.5. The maximum Gasteiger partial charge on any atom is 0.315 e. The van der Waals surface area contributed by atoms with Gasteiger partial charge in [0.2, 0.25) is 0 Å². The van der Waals surface area contributed by atoms with E-state index in [1.54, 1.807) is 0 Å². The lowest BCUT2D eigenvalue weighted by Crippen LogP contribution is -2.37. The highest BCUT2D eigenvalue weighted by Crippen LogP contribution is 2.42. The Morgan fingerprint density at radius 1 is 0.545 bits per heavy atom. The predicted molar refractivity (Wildman–Crippen MR) is 178 cm³/mol. The van der Waals surface area contributed by atoms with Crippen molar-refractivity contribution in [3.8, 4) is 22.6 Å². The van der Waals surface area contributed by atoms with E-state index in [1.165, 1.54) is 11.1 Å². The van der Waals surface area contributed by atoms with Crippen LogP contribution in [0.2, 0.25) is 0 Å². The van der Waals surface area contributed by atoms with Gasteiger partial charge in [-0.3, -0.25) is 9.59 Å². The van der Waals surface area contributed by atoms with Gasteiger partial charge in [-0.2, -0.15) is 0 Å². The summed E-state index contributed by atoms with van der Waals surface area (Å²) in [5.41, 5.74) is 8.11. The third-order valence-corrected chi connectivity index (χ3v) is 8.80. The summed E-state index contributed by atoms with van der Waals surface area (Å²) in [6.07, 6.45) is 13.3. The summed E-state index contributed by atoms with van der Waals surface area (Å²) in [5.74, 6) is -0.779. The molecule has 4 aromatic rings. The van der Waals surface area contributed by atoms with Crippen molar-refractivity contribution in [1.82, 2.24) is 0 Å². The molecule has 0 spiro atoms. The molecule has 0 saturated heterocycles. The summed E-state index contributed by atoms with van der Waals surface area (Å²) in [6, 6.07) is 28.7. The molecule has 4 aromatic carbocycles. The number of carbonyl (C=O) groups is 2. The topological polar surface area (TPSA) is 52.6 Å². The molecule has 0 aromatic heterocycles. The molecule has 0 bridgehead atoms. The molecule has 1 aliphatic heterocycles. The zero-order valence-corrected chi connectivity index (χ0v) is 25.4. The predicted octanol–water partition coefficient (Wildman–Crippen LogP) is 9.45. The van der Waals surface area contributed by atoms with Crippen molar-refractivity contribution < 1.29 is 19.1 Å². The second kappa shape index (κ2) is 13.3.